The van der Waals surface area contributed by atoms with Gasteiger partial charge in [-0.3, -0.25) is 9.10 Å². The molecular weight excluding hydrogens is 424 g/mol. The Morgan fingerprint density at radius 2 is 1.75 bits per heavy atom. The van der Waals surface area contributed by atoms with Gasteiger partial charge < -0.3 is 9.88 Å². The maximum atomic E-state index is 13.0. The Hall–Kier alpha value is -3.91. The highest BCUT2D eigenvalue weighted by atomic mass is 32.2. The second-order valence-corrected chi connectivity index (χ2v) is 9.12. The van der Waals surface area contributed by atoms with Crippen molar-refractivity contribution in [3.63, 3.8) is 0 Å². The Morgan fingerprint density at radius 1 is 1.00 bits per heavy atom. The second-order valence-electron chi connectivity index (χ2n) is 7.15. The number of sulfonamides is 1. The number of imidazole rings is 1. The fourth-order valence-corrected chi connectivity index (χ4v) is 4.46. The second kappa shape index (κ2) is 9.07. The standard InChI is InChI=1S/C24H22N4O3S/c1-27(21-7-3-2-4-8-21)32(30,31)23-9-5-6-20(16-23)24(29)26-17-19-10-12-22(13-11-19)28-15-14-25-18-28/h2-16,18H,17H2,1H3,(H,26,29). The van der Waals surface area contributed by atoms with Gasteiger partial charge in [0.1, 0.15) is 0 Å². The van der Waals surface area contributed by atoms with Gasteiger partial charge in [-0.25, -0.2) is 13.4 Å². The third-order valence-electron chi connectivity index (χ3n) is 5.07. The van der Waals surface area contributed by atoms with Gasteiger partial charge in [-0.15, -0.1) is 0 Å². The number of rotatable bonds is 7. The van der Waals surface area contributed by atoms with Crippen molar-refractivity contribution in [2.24, 2.45) is 0 Å². The number of nitrogens with zero attached hydrogens (tertiary/aromatic N) is 3. The number of anilines is 1. The first-order valence-corrected chi connectivity index (χ1v) is 11.4. The average Bonchev–Trinajstić information content (AvgIpc) is 3.38. The molecule has 0 spiro atoms. The smallest absolute Gasteiger partial charge is 0.264 e. The first kappa shape index (κ1) is 21.3. The van der Waals surface area contributed by atoms with Crippen LogP contribution < -0.4 is 9.62 Å². The van der Waals surface area contributed by atoms with Crippen LogP contribution in [0.2, 0.25) is 0 Å². The highest BCUT2D eigenvalue weighted by Gasteiger charge is 2.22. The predicted octanol–water partition coefficient (Wildman–Crippen LogP) is 3.63. The molecule has 1 heterocycles. The molecule has 0 aliphatic carbocycles. The van der Waals surface area contributed by atoms with E-state index in [9.17, 15) is 13.2 Å². The van der Waals surface area contributed by atoms with Crippen molar-refractivity contribution >= 4 is 21.6 Å². The lowest BCUT2D eigenvalue weighted by atomic mass is 10.2. The van der Waals surface area contributed by atoms with E-state index in [4.69, 9.17) is 0 Å². The number of carbonyl (C=O) groups is 1. The fourth-order valence-electron chi connectivity index (χ4n) is 3.21. The summed E-state index contributed by atoms with van der Waals surface area (Å²) in [6.07, 6.45) is 5.28. The Bertz CT molecular complexity index is 1300. The lowest BCUT2D eigenvalue weighted by Crippen LogP contribution is -2.27. The summed E-state index contributed by atoms with van der Waals surface area (Å²) in [4.78, 5) is 16.7. The van der Waals surface area contributed by atoms with Crippen LogP contribution in [0, 0.1) is 0 Å². The highest BCUT2D eigenvalue weighted by molar-refractivity contribution is 7.92. The first-order chi connectivity index (χ1) is 15.4. The summed E-state index contributed by atoms with van der Waals surface area (Å²) in [6.45, 7) is 0.323. The van der Waals surface area contributed by atoms with Gasteiger partial charge in [-0.2, -0.15) is 0 Å². The van der Waals surface area contributed by atoms with E-state index in [1.807, 2.05) is 41.1 Å². The van der Waals surface area contributed by atoms with E-state index in [0.717, 1.165) is 11.3 Å². The zero-order valence-corrected chi connectivity index (χ0v) is 18.2. The minimum Gasteiger partial charge on any atom is -0.348 e. The molecule has 32 heavy (non-hydrogen) atoms. The quantitative estimate of drug-likeness (QED) is 0.470. The third-order valence-corrected chi connectivity index (χ3v) is 6.85. The van der Waals surface area contributed by atoms with Gasteiger partial charge in [-0.1, -0.05) is 36.4 Å². The van der Waals surface area contributed by atoms with Crippen LogP contribution in [-0.4, -0.2) is 30.9 Å². The van der Waals surface area contributed by atoms with Crippen LogP contribution in [0.4, 0.5) is 5.69 Å². The molecule has 1 aromatic heterocycles. The topological polar surface area (TPSA) is 84.3 Å². The van der Waals surface area contributed by atoms with Gasteiger partial charge in [0.2, 0.25) is 0 Å². The summed E-state index contributed by atoms with van der Waals surface area (Å²) in [5.74, 6) is -0.344. The molecule has 162 valence electrons. The van der Waals surface area contributed by atoms with E-state index in [1.165, 1.54) is 23.5 Å². The van der Waals surface area contributed by atoms with E-state index in [1.54, 1.807) is 48.9 Å². The number of hydrogen-bond acceptors (Lipinski definition) is 4. The van der Waals surface area contributed by atoms with E-state index < -0.39 is 10.0 Å². The van der Waals surface area contributed by atoms with Gasteiger partial charge in [0.05, 0.1) is 16.9 Å². The van der Waals surface area contributed by atoms with Gasteiger partial charge >= 0.3 is 0 Å². The van der Waals surface area contributed by atoms with Crippen molar-refractivity contribution in [2.75, 3.05) is 11.4 Å². The predicted molar refractivity (Wildman–Crippen MR) is 123 cm³/mol. The van der Waals surface area contributed by atoms with Crippen LogP contribution in [-0.2, 0) is 16.6 Å². The van der Waals surface area contributed by atoms with E-state index in [-0.39, 0.29) is 16.4 Å². The molecule has 8 heteroatoms. The monoisotopic (exact) mass is 446 g/mol. The molecule has 0 aliphatic heterocycles. The minimum atomic E-state index is -3.80. The molecule has 0 aliphatic rings. The Morgan fingerprint density at radius 3 is 2.44 bits per heavy atom. The molecule has 1 N–H and O–H groups in total. The van der Waals surface area contributed by atoms with Crippen LogP contribution in [0.25, 0.3) is 5.69 Å². The van der Waals surface area contributed by atoms with Crippen molar-refractivity contribution in [1.29, 1.82) is 0 Å². The van der Waals surface area contributed by atoms with E-state index in [0.29, 0.717) is 12.2 Å². The number of benzene rings is 3. The number of aromatic nitrogens is 2. The van der Waals surface area contributed by atoms with Crippen LogP contribution in [0.1, 0.15) is 15.9 Å². The van der Waals surface area contributed by atoms with E-state index in [2.05, 4.69) is 10.3 Å². The number of para-hydroxylation sites is 1. The third kappa shape index (κ3) is 4.55. The molecule has 1 amide bonds. The highest BCUT2D eigenvalue weighted by Crippen LogP contribution is 2.22. The summed E-state index contributed by atoms with van der Waals surface area (Å²) in [7, 11) is -2.30. The van der Waals surface area contributed by atoms with Crippen molar-refractivity contribution in [2.45, 2.75) is 11.4 Å². The van der Waals surface area contributed by atoms with Gasteiger partial charge in [0.25, 0.3) is 15.9 Å². The number of hydrogen-bond donors (Lipinski definition) is 1. The van der Waals surface area contributed by atoms with Crippen LogP contribution in [0.15, 0.2) is 102 Å². The van der Waals surface area contributed by atoms with Crippen LogP contribution in [0.5, 0.6) is 0 Å². The first-order valence-electron chi connectivity index (χ1n) is 9.95. The number of amides is 1. The lowest BCUT2D eigenvalue weighted by molar-refractivity contribution is 0.0950. The van der Waals surface area contributed by atoms with Crippen molar-refractivity contribution in [1.82, 2.24) is 14.9 Å². The zero-order chi connectivity index (χ0) is 22.6. The Balaban J connectivity index is 1.45. The summed E-state index contributed by atoms with van der Waals surface area (Å²) in [5.41, 5.74) is 2.72. The number of carbonyl (C=O) groups excluding carboxylic acids is 1. The molecule has 0 unspecified atom stereocenters. The van der Waals surface area contributed by atoms with Crippen molar-refractivity contribution in [3.05, 3.63) is 109 Å². The normalized spacial score (nSPS) is 11.2. The van der Waals surface area contributed by atoms with Crippen molar-refractivity contribution < 1.29 is 13.2 Å². The minimum absolute atomic E-state index is 0.0567. The van der Waals surface area contributed by atoms with Crippen molar-refractivity contribution in [3.8, 4) is 5.69 Å². The summed E-state index contributed by atoms with van der Waals surface area (Å²) in [6, 6.07) is 22.6. The maximum Gasteiger partial charge on any atom is 0.264 e. The molecule has 0 saturated carbocycles. The summed E-state index contributed by atoms with van der Waals surface area (Å²) >= 11 is 0. The summed E-state index contributed by atoms with van der Waals surface area (Å²) in [5, 5.41) is 2.84. The Labute approximate surface area is 187 Å². The van der Waals surface area contributed by atoms with Crippen LogP contribution in [0.3, 0.4) is 0 Å². The molecule has 0 bridgehead atoms. The SMILES string of the molecule is CN(c1ccccc1)S(=O)(=O)c1cccc(C(=O)NCc2ccc(-n3ccnc3)cc2)c1. The van der Waals surface area contributed by atoms with Gasteiger partial charge in [0.15, 0.2) is 0 Å². The molecule has 4 rings (SSSR count). The summed E-state index contributed by atoms with van der Waals surface area (Å²) < 4.78 is 29.1. The maximum absolute atomic E-state index is 13.0. The van der Waals surface area contributed by atoms with Gasteiger partial charge in [-0.05, 0) is 48.0 Å². The van der Waals surface area contributed by atoms with Gasteiger partial charge in [0, 0.05) is 37.2 Å². The molecule has 4 aromatic rings. The molecular formula is C24H22N4O3S. The zero-order valence-electron chi connectivity index (χ0n) is 17.4. The van der Waals surface area contributed by atoms with E-state index >= 15 is 0 Å². The number of nitrogens with one attached hydrogen (secondary N) is 1. The largest absolute Gasteiger partial charge is 0.348 e. The molecule has 0 fully saturated rings. The van der Waals surface area contributed by atoms with Crippen LogP contribution >= 0.6 is 0 Å². The molecule has 0 atom stereocenters. The lowest BCUT2D eigenvalue weighted by Gasteiger charge is -2.19. The Kier molecular flexibility index (Phi) is 6.04. The molecule has 7 nitrogen and oxygen atoms in total. The molecule has 3 aromatic carbocycles. The fraction of sp³-hybridized carbons (Fsp3) is 0.0833. The molecule has 0 saturated heterocycles. The average molecular weight is 447 g/mol. The molecule has 0 radical (unpaired) electrons.